The van der Waals surface area contributed by atoms with Gasteiger partial charge in [0.1, 0.15) is 0 Å². The van der Waals surface area contributed by atoms with Crippen LogP contribution in [0, 0.1) is 23.2 Å². The minimum atomic E-state index is -3.66. The van der Waals surface area contributed by atoms with E-state index in [-0.39, 0.29) is 4.90 Å². The first-order valence-electron chi connectivity index (χ1n) is 8.99. The second kappa shape index (κ2) is 6.21. The van der Waals surface area contributed by atoms with Crippen LogP contribution < -0.4 is 15.8 Å². The van der Waals surface area contributed by atoms with Crippen molar-refractivity contribution in [3.63, 3.8) is 0 Å². The molecule has 0 aromatic heterocycles. The molecule has 0 radical (unpaired) electrons. The number of anilines is 1. The first kappa shape index (κ1) is 17.2. The predicted octanol–water partition coefficient (Wildman–Crippen LogP) is 2.84. The zero-order valence-electron chi connectivity index (χ0n) is 14.2. The number of benzene rings is 1. The number of primary sulfonamides is 1. The van der Waals surface area contributed by atoms with Crippen LogP contribution in [0.1, 0.15) is 38.5 Å². The second-order valence-electron chi connectivity index (χ2n) is 8.29. The Labute approximate surface area is 154 Å². The first-order chi connectivity index (χ1) is 11.8. The summed E-state index contributed by atoms with van der Waals surface area (Å²) in [6, 6.07) is 6.33. The van der Waals surface area contributed by atoms with Gasteiger partial charge < -0.3 is 10.6 Å². The van der Waals surface area contributed by atoms with E-state index in [1.165, 1.54) is 50.7 Å². The minimum absolute atomic E-state index is 0.102. The normalized spacial score (nSPS) is 33.2. The van der Waals surface area contributed by atoms with E-state index in [1.807, 2.05) is 0 Å². The molecule has 25 heavy (non-hydrogen) atoms. The quantitative estimate of drug-likeness (QED) is 0.701. The Morgan fingerprint density at radius 1 is 1.08 bits per heavy atom. The molecule has 0 spiro atoms. The van der Waals surface area contributed by atoms with Gasteiger partial charge in [0.25, 0.3) is 0 Å². The summed E-state index contributed by atoms with van der Waals surface area (Å²) in [4.78, 5) is 0.102. The van der Waals surface area contributed by atoms with Crippen LogP contribution in [0.3, 0.4) is 0 Å². The third-order valence-corrected chi connectivity index (χ3v) is 7.41. The largest absolute Gasteiger partial charge is 0.362 e. The van der Waals surface area contributed by atoms with Crippen molar-refractivity contribution in [2.45, 2.75) is 43.4 Å². The molecule has 5 nitrogen and oxygen atoms in total. The molecule has 4 N–H and O–H groups in total. The van der Waals surface area contributed by atoms with E-state index in [1.54, 1.807) is 12.1 Å². The average molecular weight is 380 g/mol. The maximum Gasteiger partial charge on any atom is 0.238 e. The molecule has 0 atom stereocenters. The fourth-order valence-electron chi connectivity index (χ4n) is 5.68. The van der Waals surface area contributed by atoms with E-state index in [9.17, 15) is 8.42 Å². The summed E-state index contributed by atoms with van der Waals surface area (Å²) < 4.78 is 22.6. The van der Waals surface area contributed by atoms with Gasteiger partial charge in [0.05, 0.1) is 4.90 Å². The summed E-state index contributed by atoms with van der Waals surface area (Å²) >= 11 is 5.43. The monoisotopic (exact) mass is 379 g/mol. The number of nitrogens with two attached hydrogens (primary N) is 1. The Bertz CT molecular complexity index is 739. The van der Waals surface area contributed by atoms with Crippen molar-refractivity contribution in [1.82, 2.24) is 5.32 Å². The summed E-state index contributed by atoms with van der Waals surface area (Å²) in [6.45, 7) is 0.942. The van der Waals surface area contributed by atoms with E-state index in [2.05, 4.69) is 10.6 Å². The van der Waals surface area contributed by atoms with E-state index < -0.39 is 10.0 Å². The van der Waals surface area contributed by atoms with Crippen molar-refractivity contribution >= 4 is 33.0 Å². The van der Waals surface area contributed by atoms with Gasteiger partial charge in [-0.1, -0.05) is 0 Å². The molecular weight excluding hydrogens is 354 g/mol. The van der Waals surface area contributed by atoms with Crippen LogP contribution in [0.15, 0.2) is 29.2 Å². The molecule has 7 heteroatoms. The Hall–Kier alpha value is -1.18. The predicted molar refractivity (Wildman–Crippen MR) is 103 cm³/mol. The molecule has 0 saturated heterocycles. The summed E-state index contributed by atoms with van der Waals surface area (Å²) in [5, 5.41) is 12.3. The molecule has 4 aliphatic rings. The lowest BCUT2D eigenvalue weighted by atomic mass is 9.49. The molecule has 5 rings (SSSR count). The van der Waals surface area contributed by atoms with Gasteiger partial charge in [-0.2, -0.15) is 0 Å². The fourth-order valence-corrected chi connectivity index (χ4v) is 6.38. The molecule has 136 valence electrons. The Balaban J connectivity index is 1.34. The zero-order valence-corrected chi connectivity index (χ0v) is 15.8. The number of thiocarbonyl (C=S) groups is 1. The number of hydrogen-bond donors (Lipinski definition) is 3. The molecule has 4 fully saturated rings. The lowest BCUT2D eigenvalue weighted by Crippen LogP contribution is -2.51. The van der Waals surface area contributed by atoms with Gasteiger partial charge in [-0.15, -0.1) is 0 Å². The second-order valence-corrected chi connectivity index (χ2v) is 10.3. The lowest BCUT2D eigenvalue weighted by molar-refractivity contribution is -0.0490. The van der Waals surface area contributed by atoms with E-state index in [0.29, 0.717) is 10.5 Å². The summed E-state index contributed by atoms with van der Waals surface area (Å²) in [5.41, 5.74) is 1.19. The van der Waals surface area contributed by atoms with Gasteiger partial charge >= 0.3 is 0 Å². The number of rotatable bonds is 4. The van der Waals surface area contributed by atoms with Crippen molar-refractivity contribution in [1.29, 1.82) is 0 Å². The highest BCUT2D eigenvalue weighted by Crippen LogP contribution is 2.59. The highest BCUT2D eigenvalue weighted by molar-refractivity contribution is 7.89. The Morgan fingerprint density at radius 2 is 1.60 bits per heavy atom. The maximum absolute atomic E-state index is 11.3. The van der Waals surface area contributed by atoms with Gasteiger partial charge in [-0.25, -0.2) is 13.6 Å². The number of hydrogen-bond acceptors (Lipinski definition) is 3. The molecule has 4 bridgehead atoms. The molecule has 1 aromatic carbocycles. The minimum Gasteiger partial charge on any atom is -0.362 e. The van der Waals surface area contributed by atoms with E-state index in [0.717, 1.165) is 30.0 Å². The van der Waals surface area contributed by atoms with E-state index >= 15 is 0 Å². The third kappa shape index (κ3) is 3.68. The molecule has 0 amide bonds. The first-order valence-corrected chi connectivity index (χ1v) is 10.9. The topological polar surface area (TPSA) is 84.2 Å². The van der Waals surface area contributed by atoms with Crippen molar-refractivity contribution in [3.05, 3.63) is 24.3 Å². The van der Waals surface area contributed by atoms with Crippen molar-refractivity contribution in [2.75, 3.05) is 11.9 Å². The van der Waals surface area contributed by atoms with Gasteiger partial charge in [0.15, 0.2) is 5.11 Å². The van der Waals surface area contributed by atoms with Crippen LogP contribution in [0.2, 0.25) is 0 Å². The molecule has 1 aromatic rings. The zero-order chi connectivity index (χ0) is 17.7. The number of sulfonamides is 1. The van der Waals surface area contributed by atoms with E-state index in [4.69, 9.17) is 17.4 Å². The van der Waals surface area contributed by atoms with Crippen molar-refractivity contribution in [2.24, 2.45) is 28.3 Å². The summed E-state index contributed by atoms with van der Waals surface area (Å²) in [6.07, 6.45) is 8.36. The van der Waals surface area contributed by atoms with Gasteiger partial charge in [-0.05, 0) is 98.2 Å². The van der Waals surface area contributed by atoms with Crippen LogP contribution in [0.25, 0.3) is 0 Å². The smallest absolute Gasteiger partial charge is 0.238 e. The van der Waals surface area contributed by atoms with Crippen LogP contribution in [0.4, 0.5) is 5.69 Å². The SMILES string of the molecule is NS(=O)(=O)c1ccc(NC(=S)NCC23CC4CC(CC(C4)C2)C3)cc1. The Kier molecular flexibility index (Phi) is 4.29. The van der Waals surface area contributed by atoms with Crippen LogP contribution in [-0.2, 0) is 10.0 Å². The van der Waals surface area contributed by atoms with Crippen molar-refractivity contribution < 1.29 is 8.42 Å². The third-order valence-electron chi connectivity index (χ3n) is 6.23. The highest BCUT2D eigenvalue weighted by Gasteiger charge is 2.50. The molecule has 0 unspecified atom stereocenters. The van der Waals surface area contributed by atoms with Gasteiger partial charge in [0.2, 0.25) is 10.0 Å². The lowest BCUT2D eigenvalue weighted by Gasteiger charge is -2.57. The summed E-state index contributed by atoms with van der Waals surface area (Å²) in [5.74, 6) is 2.79. The van der Waals surface area contributed by atoms with Gasteiger partial charge in [-0.3, -0.25) is 0 Å². The van der Waals surface area contributed by atoms with Crippen LogP contribution >= 0.6 is 12.2 Å². The number of nitrogens with one attached hydrogen (secondary N) is 2. The Morgan fingerprint density at radius 3 is 2.08 bits per heavy atom. The van der Waals surface area contributed by atoms with Crippen LogP contribution in [-0.4, -0.2) is 20.1 Å². The maximum atomic E-state index is 11.3. The highest BCUT2D eigenvalue weighted by atomic mass is 32.2. The fraction of sp³-hybridized carbons (Fsp3) is 0.611. The molecule has 4 aliphatic carbocycles. The average Bonchev–Trinajstić information content (AvgIpc) is 2.51. The molecule has 0 aliphatic heterocycles. The standard InChI is InChI=1S/C18H25N3O2S2/c19-25(22,23)16-3-1-15(2-4-16)21-17(24)20-11-18-8-12-5-13(9-18)7-14(6-12)10-18/h1-4,12-14H,5-11H2,(H2,19,22,23)(H2,20,21,24). The molecular formula is C18H25N3O2S2. The van der Waals surface area contributed by atoms with Crippen molar-refractivity contribution in [3.8, 4) is 0 Å². The summed E-state index contributed by atoms with van der Waals surface area (Å²) in [7, 11) is -3.66. The molecule has 0 heterocycles. The molecule has 4 saturated carbocycles. The van der Waals surface area contributed by atoms with Crippen LogP contribution in [0.5, 0.6) is 0 Å². The van der Waals surface area contributed by atoms with Gasteiger partial charge in [0, 0.05) is 12.2 Å².